The fourth-order valence-electron chi connectivity index (χ4n) is 1.43. The third-order valence-electron chi connectivity index (χ3n) is 2.36. The van der Waals surface area contributed by atoms with Gasteiger partial charge in [0.25, 0.3) is 5.69 Å². The summed E-state index contributed by atoms with van der Waals surface area (Å²) in [4.78, 5) is 21.5. The lowest BCUT2D eigenvalue weighted by molar-refractivity contribution is -0.384. The van der Waals surface area contributed by atoms with Gasteiger partial charge in [0.2, 0.25) is 5.91 Å². The highest BCUT2D eigenvalue weighted by Gasteiger charge is 2.12. The number of benzene rings is 1. The lowest BCUT2D eigenvalue weighted by Crippen LogP contribution is -2.14. The smallest absolute Gasteiger partial charge is 0.271 e. The molecule has 0 aliphatic carbocycles. The summed E-state index contributed by atoms with van der Waals surface area (Å²) in [5, 5.41) is 13.1. The van der Waals surface area contributed by atoms with Gasteiger partial charge >= 0.3 is 0 Å². The van der Waals surface area contributed by atoms with Crippen molar-refractivity contribution in [2.24, 2.45) is 0 Å². The van der Waals surface area contributed by atoms with Gasteiger partial charge in [-0.15, -0.1) is 0 Å². The highest BCUT2D eigenvalue weighted by molar-refractivity contribution is 7.90. The van der Waals surface area contributed by atoms with Crippen molar-refractivity contribution in [3.63, 3.8) is 0 Å². The summed E-state index contributed by atoms with van der Waals surface area (Å²) in [7, 11) is -3.10. The molecule has 0 saturated carbocycles. The van der Waals surface area contributed by atoms with E-state index in [4.69, 9.17) is 11.6 Å². The molecule has 0 heterocycles. The molecule has 1 N–H and O–H groups in total. The molecule has 0 bridgehead atoms. The van der Waals surface area contributed by atoms with Crippen LogP contribution < -0.4 is 5.32 Å². The Morgan fingerprint density at radius 2 is 2.10 bits per heavy atom. The fourth-order valence-corrected chi connectivity index (χ4v) is 2.32. The van der Waals surface area contributed by atoms with Crippen molar-refractivity contribution >= 4 is 38.7 Å². The van der Waals surface area contributed by atoms with E-state index in [0.29, 0.717) is 0 Å². The second-order valence-corrected chi connectivity index (χ2v) is 6.87. The number of amides is 1. The molecule has 0 radical (unpaired) electrons. The number of sulfone groups is 1. The largest absolute Gasteiger partial charge is 0.325 e. The maximum Gasteiger partial charge on any atom is 0.271 e. The average molecular weight is 321 g/mol. The van der Waals surface area contributed by atoms with Crippen molar-refractivity contribution in [3.8, 4) is 0 Å². The molecule has 0 fully saturated rings. The highest BCUT2D eigenvalue weighted by atomic mass is 35.5. The molecule has 0 aromatic heterocycles. The quantitative estimate of drug-likeness (QED) is 0.637. The van der Waals surface area contributed by atoms with E-state index >= 15 is 0 Å². The Labute approximate surface area is 121 Å². The van der Waals surface area contributed by atoms with Crippen molar-refractivity contribution in [2.45, 2.75) is 12.8 Å². The lowest BCUT2D eigenvalue weighted by Gasteiger charge is -2.06. The van der Waals surface area contributed by atoms with Gasteiger partial charge in [0.1, 0.15) is 9.84 Å². The van der Waals surface area contributed by atoms with Crippen molar-refractivity contribution < 1.29 is 18.1 Å². The van der Waals surface area contributed by atoms with Crippen LogP contribution in [0.1, 0.15) is 12.8 Å². The third kappa shape index (κ3) is 5.54. The van der Waals surface area contributed by atoms with Crippen LogP contribution in [0.5, 0.6) is 0 Å². The summed E-state index contributed by atoms with van der Waals surface area (Å²) in [6.45, 7) is 0. The molecule has 1 amide bonds. The lowest BCUT2D eigenvalue weighted by atomic mass is 10.2. The summed E-state index contributed by atoms with van der Waals surface area (Å²) in [5.41, 5.74) is 0.0756. The van der Waals surface area contributed by atoms with Crippen molar-refractivity contribution in [2.75, 3.05) is 17.3 Å². The normalized spacial score (nSPS) is 11.1. The predicted octanol–water partition coefficient (Wildman–Crippen LogP) is 2.01. The minimum Gasteiger partial charge on any atom is -0.325 e. The second kappa shape index (κ2) is 6.67. The van der Waals surface area contributed by atoms with Crippen LogP contribution in [-0.4, -0.2) is 31.3 Å². The maximum absolute atomic E-state index is 11.6. The first-order chi connectivity index (χ1) is 9.19. The molecule has 0 aliphatic rings. The Balaban J connectivity index is 2.60. The average Bonchev–Trinajstić information content (AvgIpc) is 2.29. The van der Waals surface area contributed by atoms with Gasteiger partial charge in [-0.3, -0.25) is 14.9 Å². The Morgan fingerprint density at radius 3 is 2.60 bits per heavy atom. The monoisotopic (exact) mass is 320 g/mol. The first-order valence-corrected chi connectivity index (χ1v) is 8.04. The van der Waals surface area contributed by atoms with E-state index in [-0.39, 0.29) is 35.0 Å². The van der Waals surface area contributed by atoms with Crippen LogP contribution in [-0.2, 0) is 14.6 Å². The number of nitrogens with zero attached hydrogens (tertiary/aromatic N) is 1. The van der Waals surface area contributed by atoms with Gasteiger partial charge in [-0.25, -0.2) is 8.42 Å². The molecule has 0 unspecified atom stereocenters. The Kier molecular flexibility index (Phi) is 5.46. The number of hydrogen-bond donors (Lipinski definition) is 1. The van der Waals surface area contributed by atoms with Crippen LogP contribution in [0.15, 0.2) is 18.2 Å². The molecule has 0 atom stereocenters. The first-order valence-electron chi connectivity index (χ1n) is 5.60. The van der Waals surface area contributed by atoms with E-state index < -0.39 is 20.7 Å². The van der Waals surface area contributed by atoms with Crippen LogP contribution >= 0.6 is 11.6 Å². The number of carbonyl (C=O) groups excluding carboxylic acids is 1. The van der Waals surface area contributed by atoms with Gasteiger partial charge in [0.05, 0.1) is 21.4 Å². The Bertz CT molecular complexity index is 630. The van der Waals surface area contributed by atoms with Crippen LogP contribution in [0.4, 0.5) is 11.4 Å². The van der Waals surface area contributed by atoms with Crippen molar-refractivity contribution in [1.82, 2.24) is 0 Å². The molecular weight excluding hydrogens is 308 g/mol. The number of nitrogens with one attached hydrogen (secondary N) is 1. The summed E-state index contributed by atoms with van der Waals surface area (Å²) in [6.07, 6.45) is 1.33. The van der Waals surface area contributed by atoms with Gasteiger partial charge in [0, 0.05) is 24.8 Å². The molecule has 0 aliphatic heterocycles. The van der Waals surface area contributed by atoms with E-state index in [1.807, 2.05) is 0 Å². The highest BCUT2D eigenvalue weighted by Crippen LogP contribution is 2.26. The SMILES string of the molecule is CS(=O)(=O)CCCC(=O)Nc1ccc([N+](=O)[O-])cc1Cl. The minimum absolute atomic E-state index is 0.0282. The van der Waals surface area contributed by atoms with Crippen LogP contribution in [0.25, 0.3) is 0 Å². The van der Waals surface area contributed by atoms with Crippen LogP contribution in [0, 0.1) is 10.1 Å². The van der Waals surface area contributed by atoms with E-state index in [2.05, 4.69) is 5.32 Å². The minimum atomic E-state index is -3.10. The van der Waals surface area contributed by atoms with Crippen LogP contribution in [0.2, 0.25) is 5.02 Å². The van der Waals surface area contributed by atoms with E-state index in [9.17, 15) is 23.3 Å². The molecule has 9 heteroatoms. The van der Waals surface area contributed by atoms with Gasteiger partial charge in [-0.2, -0.15) is 0 Å². The molecule has 0 spiro atoms. The number of anilines is 1. The van der Waals surface area contributed by atoms with Gasteiger partial charge in [0.15, 0.2) is 0 Å². The molecule has 110 valence electrons. The number of rotatable bonds is 6. The van der Waals surface area contributed by atoms with E-state index in [0.717, 1.165) is 12.3 Å². The van der Waals surface area contributed by atoms with Crippen molar-refractivity contribution in [1.29, 1.82) is 0 Å². The predicted molar refractivity (Wildman–Crippen MR) is 75.7 cm³/mol. The first kappa shape index (κ1) is 16.4. The third-order valence-corrected chi connectivity index (χ3v) is 3.70. The zero-order valence-corrected chi connectivity index (χ0v) is 12.2. The Hall–Kier alpha value is -1.67. The number of halogens is 1. The van der Waals surface area contributed by atoms with Gasteiger partial charge in [-0.1, -0.05) is 11.6 Å². The molecular formula is C11H13ClN2O5S. The number of carbonyl (C=O) groups is 1. The van der Waals surface area contributed by atoms with Crippen molar-refractivity contribution in [3.05, 3.63) is 33.3 Å². The zero-order chi connectivity index (χ0) is 15.3. The zero-order valence-electron chi connectivity index (χ0n) is 10.6. The maximum atomic E-state index is 11.6. The molecule has 0 saturated heterocycles. The summed E-state index contributed by atoms with van der Waals surface area (Å²) in [6, 6.07) is 3.68. The Morgan fingerprint density at radius 1 is 1.45 bits per heavy atom. The van der Waals surface area contributed by atoms with E-state index in [1.165, 1.54) is 12.1 Å². The number of non-ortho nitro benzene ring substituents is 1. The summed E-state index contributed by atoms with van der Waals surface area (Å²) >= 11 is 5.81. The molecule has 1 aromatic carbocycles. The second-order valence-electron chi connectivity index (χ2n) is 4.20. The van der Waals surface area contributed by atoms with Gasteiger partial charge in [-0.05, 0) is 12.5 Å². The molecule has 7 nitrogen and oxygen atoms in total. The summed E-state index contributed by atoms with van der Waals surface area (Å²) in [5.74, 6) is -0.474. The topological polar surface area (TPSA) is 106 Å². The summed E-state index contributed by atoms with van der Waals surface area (Å²) < 4.78 is 21.8. The standard InChI is InChI=1S/C11H13ClN2O5S/c1-20(18,19)6-2-3-11(15)13-10-5-4-8(14(16)17)7-9(10)12/h4-5,7H,2-3,6H2,1H3,(H,13,15). The number of nitro benzene ring substituents is 1. The van der Waals surface area contributed by atoms with Gasteiger partial charge < -0.3 is 5.32 Å². The fraction of sp³-hybridized carbons (Fsp3) is 0.364. The number of nitro groups is 1. The van der Waals surface area contributed by atoms with Crippen LogP contribution in [0.3, 0.4) is 0 Å². The number of hydrogen-bond acceptors (Lipinski definition) is 5. The molecule has 20 heavy (non-hydrogen) atoms. The molecule has 1 rings (SSSR count). The molecule has 1 aromatic rings. The van der Waals surface area contributed by atoms with E-state index in [1.54, 1.807) is 0 Å².